The van der Waals surface area contributed by atoms with Crippen LogP contribution in [0.2, 0.25) is 0 Å². The second kappa shape index (κ2) is 9.47. The molecule has 0 atom stereocenters. The number of nitrogens with one attached hydrogen (secondary N) is 1. The molecule has 0 spiro atoms. The molecule has 2 aromatic rings. The van der Waals surface area contributed by atoms with Gasteiger partial charge >= 0.3 is 0 Å². The zero-order chi connectivity index (χ0) is 20.8. The van der Waals surface area contributed by atoms with E-state index in [2.05, 4.69) is 10.4 Å². The van der Waals surface area contributed by atoms with Crippen molar-refractivity contribution in [1.29, 1.82) is 0 Å². The first-order valence-corrected chi connectivity index (χ1v) is 9.89. The number of hydrazone groups is 1. The second-order valence-corrected chi connectivity index (χ2v) is 7.18. The number of carbonyl (C=O) groups excluding carboxylic acids is 2. The normalized spacial score (nSPS) is 14.0. The molecular weight excluding hydrogens is 366 g/mol. The van der Waals surface area contributed by atoms with Gasteiger partial charge in [0.1, 0.15) is 5.71 Å². The van der Waals surface area contributed by atoms with Gasteiger partial charge in [0.25, 0.3) is 5.91 Å². The second-order valence-electron chi connectivity index (χ2n) is 7.18. The van der Waals surface area contributed by atoms with Gasteiger partial charge in [-0.1, -0.05) is 36.4 Å². The van der Waals surface area contributed by atoms with Crippen LogP contribution in [0.3, 0.4) is 0 Å². The highest BCUT2D eigenvalue weighted by Gasteiger charge is 2.26. The van der Waals surface area contributed by atoms with Gasteiger partial charge in [0.2, 0.25) is 5.91 Å². The van der Waals surface area contributed by atoms with Crippen molar-refractivity contribution in [2.24, 2.45) is 5.10 Å². The number of anilines is 1. The summed E-state index contributed by atoms with van der Waals surface area (Å²) in [6.45, 7) is 7.54. The summed E-state index contributed by atoms with van der Waals surface area (Å²) in [5, 5.41) is 8.64. The molecule has 0 radical (unpaired) electrons. The molecule has 3 rings (SSSR count). The number of hydrogen-bond acceptors (Lipinski definition) is 4. The maximum Gasteiger partial charge on any atom is 0.267 e. The minimum atomic E-state index is -0.244. The quantitative estimate of drug-likeness (QED) is 0.781. The van der Waals surface area contributed by atoms with Gasteiger partial charge < -0.3 is 10.1 Å². The lowest BCUT2D eigenvalue weighted by Gasteiger charge is -2.24. The van der Waals surface area contributed by atoms with E-state index in [4.69, 9.17) is 4.74 Å². The smallest absolute Gasteiger partial charge is 0.267 e. The van der Waals surface area contributed by atoms with Crippen molar-refractivity contribution in [3.05, 3.63) is 64.7 Å². The van der Waals surface area contributed by atoms with Crippen LogP contribution in [0.15, 0.2) is 47.6 Å². The first-order valence-electron chi connectivity index (χ1n) is 9.89. The first-order chi connectivity index (χ1) is 14.0. The lowest BCUT2D eigenvalue weighted by atomic mass is 10.1. The van der Waals surface area contributed by atoms with Crippen LogP contribution in [0.1, 0.15) is 42.0 Å². The molecule has 0 saturated heterocycles. The molecule has 6 heteroatoms. The molecule has 0 fully saturated rings. The van der Waals surface area contributed by atoms with Crippen LogP contribution in [-0.4, -0.2) is 24.1 Å². The molecule has 2 aromatic carbocycles. The molecule has 1 heterocycles. The van der Waals surface area contributed by atoms with Crippen molar-refractivity contribution in [2.45, 2.75) is 46.8 Å². The van der Waals surface area contributed by atoms with E-state index in [1.807, 2.05) is 63.2 Å². The minimum absolute atomic E-state index is 0.0971. The summed E-state index contributed by atoms with van der Waals surface area (Å²) in [5.41, 5.74) is 5.18. The van der Waals surface area contributed by atoms with E-state index in [1.54, 1.807) is 0 Å². The van der Waals surface area contributed by atoms with Gasteiger partial charge in [0, 0.05) is 26.0 Å². The molecule has 152 valence electrons. The molecule has 29 heavy (non-hydrogen) atoms. The SMILES string of the molecule is CCOCc1ccc(CNC(=O)C2=NN(c3cc(C)ccc3C)C(=O)CC2)cc1. The fourth-order valence-corrected chi connectivity index (χ4v) is 3.11. The number of carbonyl (C=O) groups is 2. The standard InChI is InChI=1S/C23H27N3O3/c1-4-29-15-19-9-7-18(8-10-19)14-24-23(28)20-11-12-22(27)26(25-20)21-13-16(2)5-6-17(21)3/h5-10,13H,4,11-12,14-15H2,1-3H3,(H,24,28). The summed E-state index contributed by atoms with van der Waals surface area (Å²) in [4.78, 5) is 25.0. The molecule has 0 bridgehead atoms. The van der Waals surface area contributed by atoms with Crippen LogP contribution in [0, 0.1) is 13.8 Å². The molecule has 0 unspecified atom stereocenters. The average Bonchev–Trinajstić information content (AvgIpc) is 2.73. The fourth-order valence-electron chi connectivity index (χ4n) is 3.11. The highest BCUT2D eigenvalue weighted by Crippen LogP contribution is 2.25. The Labute approximate surface area is 171 Å². The van der Waals surface area contributed by atoms with Crippen molar-refractivity contribution in [3.8, 4) is 0 Å². The third-order valence-corrected chi connectivity index (χ3v) is 4.84. The third kappa shape index (κ3) is 5.29. The van der Waals surface area contributed by atoms with Crippen molar-refractivity contribution in [1.82, 2.24) is 5.32 Å². The number of benzene rings is 2. The summed E-state index contributed by atoms with van der Waals surface area (Å²) in [7, 11) is 0. The van der Waals surface area contributed by atoms with Crippen molar-refractivity contribution >= 4 is 23.2 Å². The molecule has 0 aliphatic carbocycles. The lowest BCUT2D eigenvalue weighted by molar-refractivity contribution is -0.119. The number of rotatable bonds is 7. The van der Waals surface area contributed by atoms with Crippen molar-refractivity contribution in [2.75, 3.05) is 11.6 Å². The largest absolute Gasteiger partial charge is 0.377 e. The van der Waals surface area contributed by atoms with E-state index in [0.717, 1.165) is 27.9 Å². The zero-order valence-electron chi connectivity index (χ0n) is 17.2. The Bertz CT molecular complexity index is 919. The average molecular weight is 393 g/mol. The van der Waals surface area contributed by atoms with Gasteiger partial charge in [-0.25, -0.2) is 5.01 Å². The topological polar surface area (TPSA) is 71.0 Å². The van der Waals surface area contributed by atoms with Crippen LogP contribution in [0.5, 0.6) is 0 Å². The number of ether oxygens (including phenoxy) is 1. The van der Waals surface area contributed by atoms with Gasteiger partial charge in [-0.2, -0.15) is 5.10 Å². The van der Waals surface area contributed by atoms with E-state index in [0.29, 0.717) is 31.9 Å². The predicted molar refractivity (Wildman–Crippen MR) is 114 cm³/mol. The summed E-state index contributed by atoms with van der Waals surface area (Å²) >= 11 is 0. The number of hydrogen-bond donors (Lipinski definition) is 1. The van der Waals surface area contributed by atoms with Crippen LogP contribution in [-0.2, 0) is 27.5 Å². The fraction of sp³-hybridized carbons (Fsp3) is 0.348. The summed E-state index contributed by atoms with van der Waals surface area (Å²) in [6.07, 6.45) is 0.616. The predicted octanol–water partition coefficient (Wildman–Crippen LogP) is 3.64. The Kier molecular flexibility index (Phi) is 6.77. The van der Waals surface area contributed by atoms with Gasteiger partial charge in [-0.05, 0) is 49.1 Å². The Morgan fingerprint density at radius 1 is 1.10 bits per heavy atom. The number of amides is 2. The third-order valence-electron chi connectivity index (χ3n) is 4.84. The highest BCUT2D eigenvalue weighted by molar-refractivity contribution is 6.40. The lowest BCUT2D eigenvalue weighted by Crippen LogP contribution is -2.39. The monoisotopic (exact) mass is 393 g/mol. The number of nitrogens with zero attached hydrogens (tertiary/aromatic N) is 2. The van der Waals surface area contributed by atoms with Crippen LogP contribution in [0.25, 0.3) is 0 Å². The van der Waals surface area contributed by atoms with Crippen molar-refractivity contribution < 1.29 is 14.3 Å². The zero-order valence-corrected chi connectivity index (χ0v) is 17.2. The molecular formula is C23H27N3O3. The maximum absolute atomic E-state index is 12.6. The molecule has 2 amide bonds. The molecule has 6 nitrogen and oxygen atoms in total. The molecule has 0 aromatic heterocycles. The molecule has 1 aliphatic heterocycles. The van der Waals surface area contributed by atoms with E-state index >= 15 is 0 Å². The molecule has 1 N–H and O–H groups in total. The van der Waals surface area contributed by atoms with Gasteiger partial charge in [-0.3, -0.25) is 9.59 Å². The Morgan fingerprint density at radius 3 is 2.55 bits per heavy atom. The van der Waals surface area contributed by atoms with Gasteiger partial charge in [-0.15, -0.1) is 0 Å². The van der Waals surface area contributed by atoms with Crippen molar-refractivity contribution in [3.63, 3.8) is 0 Å². The Morgan fingerprint density at radius 2 is 1.83 bits per heavy atom. The molecule has 0 saturated carbocycles. The van der Waals surface area contributed by atoms with E-state index in [1.165, 1.54) is 5.01 Å². The molecule has 1 aliphatic rings. The summed E-state index contributed by atoms with van der Waals surface area (Å²) < 4.78 is 5.39. The highest BCUT2D eigenvalue weighted by atomic mass is 16.5. The van der Waals surface area contributed by atoms with Gasteiger partial charge in [0.05, 0.1) is 12.3 Å². The summed E-state index contributed by atoms with van der Waals surface area (Å²) in [5.74, 6) is -0.341. The van der Waals surface area contributed by atoms with E-state index in [9.17, 15) is 9.59 Å². The first kappa shape index (κ1) is 20.7. The van der Waals surface area contributed by atoms with Gasteiger partial charge in [0.15, 0.2) is 0 Å². The van der Waals surface area contributed by atoms with E-state index in [-0.39, 0.29) is 18.2 Å². The van der Waals surface area contributed by atoms with E-state index < -0.39 is 0 Å². The summed E-state index contributed by atoms with van der Waals surface area (Å²) in [6, 6.07) is 13.8. The van der Waals surface area contributed by atoms with Crippen LogP contribution in [0.4, 0.5) is 5.69 Å². The Balaban J connectivity index is 1.67. The van der Waals surface area contributed by atoms with Crippen LogP contribution >= 0.6 is 0 Å². The Hall–Kier alpha value is -2.99. The minimum Gasteiger partial charge on any atom is -0.377 e. The van der Waals surface area contributed by atoms with Crippen LogP contribution < -0.4 is 10.3 Å². The maximum atomic E-state index is 12.6. The number of aryl methyl sites for hydroxylation is 2.